The van der Waals surface area contributed by atoms with E-state index in [4.69, 9.17) is 4.74 Å². The number of aliphatic hydroxyl groups is 1. The van der Waals surface area contributed by atoms with Crippen LogP contribution in [0.25, 0.3) is 0 Å². The van der Waals surface area contributed by atoms with Gasteiger partial charge in [0.25, 0.3) is 0 Å². The van der Waals surface area contributed by atoms with Crippen LogP contribution in [0.15, 0.2) is 30.9 Å². The van der Waals surface area contributed by atoms with Crippen molar-refractivity contribution in [3.63, 3.8) is 0 Å². The lowest BCUT2D eigenvalue weighted by Crippen LogP contribution is -2.09. The predicted molar refractivity (Wildman–Crippen MR) is 64.6 cm³/mol. The summed E-state index contributed by atoms with van der Waals surface area (Å²) < 4.78 is 5.59. The first-order valence-electron chi connectivity index (χ1n) is 5.86. The number of hydrogen-bond donors (Lipinski definition) is 1. The number of aryl methyl sites for hydroxylation is 1. The number of aliphatic hydroxyl groups excluding tert-OH is 1. The van der Waals surface area contributed by atoms with Gasteiger partial charge in [-0.1, -0.05) is 12.1 Å². The lowest BCUT2D eigenvalue weighted by molar-refractivity contribution is 0.156. The minimum Gasteiger partial charge on any atom is -0.493 e. The number of fused-ring (bicyclic) bond motifs is 1. The summed E-state index contributed by atoms with van der Waals surface area (Å²) in [5, 5.41) is 9.81. The standard InChI is InChI=1S/C14H18O2/c1-2-3-9-16-12-7-8-13-11(10-12)5-4-6-14(13)15/h2,7-8,10,14-15H,1,3-6,9H2. The van der Waals surface area contributed by atoms with Crippen LogP contribution in [0.3, 0.4) is 0 Å². The molecule has 0 spiro atoms. The molecule has 1 aliphatic carbocycles. The lowest BCUT2D eigenvalue weighted by Gasteiger charge is -2.21. The molecule has 86 valence electrons. The summed E-state index contributed by atoms with van der Waals surface area (Å²) >= 11 is 0. The van der Waals surface area contributed by atoms with Gasteiger partial charge >= 0.3 is 0 Å². The van der Waals surface area contributed by atoms with Crippen molar-refractivity contribution in [3.8, 4) is 5.75 Å². The molecule has 0 bridgehead atoms. The van der Waals surface area contributed by atoms with Gasteiger partial charge in [0.15, 0.2) is 0 Å². The zero-order valence-corrected chi connectivity index (χ0v) is 9.48. The number of hydrogen-bond acceptors (Lipinski definition) is 2. The number of benzene rings is 1. The van der Waals surface area contributed by atoms with E-state index in [2.05, 4.69) is 12.6 Å². The molecule has 2 nitrogen and oxygen atoms in total. The summed E-state index contributed by atoms with van der Waals surface area (Å²) in [6.07, 6.45) is 5.41. The molecular weight excluding hydrogens is 200 g/mol. The fraction of sp³-hybridized carbons (Fsp3) is 0.429. The van der Waals surface area contributed by atoms with E-state index in [1.54, 1.807) is 0 Å². The van der Waals surface area contributed by atoms with Gasteiger partial charge in [0.2, 0.25) is 0 Å². The van der Waals surface area contributed by atoms with E-state index < -0.39 is 0 Å². The molecular formula is C14H18O2. The van der Waals surface area contributed by atoms with Crippen LogP contribution in [-0.4, -0.2) is 11.7 Å². The minimum atomic E-state index is -0.286. The van der Waals surface area contributed by atoms with Crippen LogP contribution in [0.1, 0.15) is 36.5 Å². The minimum absolute atomic E-state index is 0.286. The van der Waals surface area contributed by atoms with E-state index >= 15 is 0 Å². The maximum atomic E-state index is 9.81. The van der Waals surface area contributed by atoms with Gasteiger partial charge in [-0.15, -0.1) is 6.58 Å². The average Bonchev–Trinajstić information content (AvgIpc) is 2.30. The summed E-state index contributed by atoms with van der Waals surface area (Å²) in [7, 11) is 0. The Morgan fingerprint density at radius 1 is 1.50 bits per heavy atom. The molecule has 0 saturated heterocycles. The number of ether oxygens (including phenoxy) is 1. The van der Waals surface area contributed by atoms with Crippen molar-refractivity contribution in [1.82, 2.24) is 0 Å². The third kappa shape index (κ3) is 2.45. The highest BCUT2D eigenvalue weighted by molar-refractivity contribution is 5.38. The first kappa shape index (κ1) is 11.2. The summed E-state index contributed by atoms with van der Waals surface area (Å²) in [4.78, 5) is 0. The van der Waals surface area contributed by atoms with Crippen LogP contribution in [0.5, 0.6) is 5.75 Å². The summed E-state index contributed by atoms with van der Waals surface area (Å²) in [6, 6.07) is 5.99. The summed E-state index contributed by atoms with van der Waals surface area (Å²) in [5.74, 6) is 0.898. The van der Waals surface area contributed by atoms with Crippen LogP contribution >= 0.6 is 0 Å². The molecule has 0 fully saturated rings. The lowest BCUT2D eigenvalue weighted by atomic mass is 9.89. The molecule has 1 aliphatic rings. The normalized spacial score (nSPS) is 18.9. The molecule has 16 heavy (non-hydrogen) atoms. The predicted octanol–water partition coefficient (Wildman–Crippen LogP) is 3.01. The average molecular weight is 218 g/mol. The topological polar surface area (TPSA) is 29.5 Å². The maximum Gasteiger partial charge on any atom is 0.119 e. The van der Waals surface area contributed by atoms with Gasteiger partial charge in [-0.2, -0.15) is 0 Å². The Labute approximate surface area is 96.6 Å². The maximum absolute atomic E-state index is 9.81. The SMILES string of the molecule is C=CCCOc1ccc2c(c1)CCCC2O. The highest BCUT2D eigenvalue weighted by atomic mass is 16.5. The van der Waals surface area contributed by atoms with Gasteiger partial charge in [-0.25, -0.2) is 0 Å². The molecule has 1 aromatic rings. The van der Waals surface area contributed by atoms with Crippen LogP contribution in [0.4, 0.5) is 0 Å². The van der Waals surface area contributed by atoms with Gasteiger partial charge in [0.1, 0.15) is 5.75 Å². The molecule has 0 aliphatic heterocycles. The molecule has 1 unspecified atom stereocenters. The molecule has 0 heterocycles. The van der Waals surface area contributed by atoms with Crippen LogP contribution in [0.2, 0.25) is 0 Å². The van der Waals surface area contributed by atoms with Crippen molar-refractivity contribution < 1.29 is 9.84 Å². The second-order valence-electron chi connectivity index (χ2n) is 4.19. The Hall–Kier alpha value is -1.28. The van der Waals surface area contributed by atoms with Gasteiger partial charge in [0, 0.05) is 0 Å². The Morgan fingerprint density at radius 2 is 2.38 bits per heavy atom. The first-order chi connectivity index (χ1) is 7.81. The van der Waals surface area contributed by atoms with E-state index in [0.717, 1.165) is 37.0 Å². The monoisotopic (exact) mass is 218 g/mol. The molecule has 0 saturated carbocycles. The molecule has 1 aromatic carbocycles. The van der Waals surface area contributed by atoms with Crippen LogP contribution in [-0.2, 0) is 6.42 Å². The largest absolute Gasteiger partial charge is 0.493 e. The molecule has 0 aromatic heterocycles. The number of rotatable bonds is 4. The summed E-state index contributed by atoms with van der Waals surface area (Å²) in [6.45, 7) is 4.33. The van der Waals surface area contributed by atoms with Crippen molar-refractivity contribution in [2.75, 3.05) is 6.61 Å². The molecule has 1 N–H and O–H groups in total. The van der Waals surface area contributed by atoms with Crippen LogP contribution < -0.4 is 4.74 Å². The first-order valence-corrected chi connectivity index (χ1v) is 5.86. The van der Waals surface area contributed by atoms with Crippen LogP contribution in [0, 0.1) is 0 Å². The van der Waals surface area contributed by atoms with Crippen molar-refractivity contribution in [2.24, 2.45) is 0 Å². The fourth-order valence-electron chi connectivity index (χ4n) is 2.11. The second-order valence-corrected chi connectivity index (χ2v) is 4.19. The van der Waals surface area contributed by atoms with Crippen molar-refractivity contribution in [1.29, 1.82) is 0 Å². The fourth-order valence-corrected chi connectivity index (χ4v) is 2.11. The Kier molecular flexibility index (Phi) is 3.62. The van der Waals surface area contributed by atoms with Crippen molar-refractivity contribution >= 4 is 0 Å². The van der Waals surface area contributed by atoms with Crippen molar-refractivity contribution in [3.05, 3.63) is 42.0 Å². The molecule has 1 atom stereocenters. The van der Waals surface area contributed by atoms with Gasteiger partial charge in [-0.05, 0) is 48.9 Å². The second kappa shape index (κ2) is 5.17. The van der Waals surface area contributed by atoms with E-state index in [1.807, 2.05) is 18.2 Å². The molecule has 2 rings (SSSR count). The molecule has 0 amide bonds. The smallest absolute Gasteiger partial charge is 0.119 e. The zero-order chi connectivity index (χ0) is 11.4. The zero-order valence-electron chi connectivity index (χ0n) is 9.48. The molecule has 2 heteroatoms. The Balaban J connectivity index is 2.09. The Bertz CT molecular complexity index is 371. The molecule has 0 radical (unpaired) electrons. The third-order valence-electron chi connectivity index (χ3n) is 2.99. The van der Waals surface area contributed by atoms with Gasteiger partial charge in [-0.3, -0.25) is 0 Å². The van der Waals surface area contributed by atoms with Crippen molar-refractivity contribution in [2.45, 2.75) is 31.8 Å². The van der Waals surface area contributed by atoms with E-state index in [-0.39, 0.29) is 6.10 Å². The Morgan fingerprint density at radius 3 is 3.19 bits per heavy atom. The van der Waals surface area contributed by atoms with E-state index in [1.165, 1.54) is 5.56 Å². The van der Waals surface area contributed by atoms with E-state index in [0.29, 0.717) is 6.61 Å². The highest BCUT2D eigenvalue weighted by Crippen LogP contribution is 2.31. The van der Waals surface area contributed by atoms with Gasteiger partial charge in [0.05, 0.1) is 12.7 Å². The van der Waals surface area contributed by atoms with E-state index in [9.17, 15) is 5.11 Å². The summed E-state index contributed by atoms with van der Waals surface area (Å²) in [5.41, 5.74) is 2.30. The highest BCUT2D eigenvalue weighted by Gasteiger charge is 2.17. The third-order valence-corrected chi connectivity index (χ3v) is 2.99. The van der Waals surface area contributed by atoms with Gasteiger partial charge < -0.3 is 9.84 Å². The quantitative estimate of drug-likeness (QED) is 0.622.